The number of rotatable bonds is 8. The highest BCUT2D eigenvalue weighted by molar-refractivity contribution is 5.20. The minimum Gasteiger partial charge on any atom is -0.387 e. The van der Waals surface area contributed by atoms with Gasteiger partial charge in [0.05, 0.1) is 11.8 Å². The zero-order valence-corrected chi connectivity index (χ0v) is 15.0. The average molecular weight is 333 g/mol. The third kappa shape index (κ3) is 5.14. The Morgan fingerprint density at radius 1 is 1.21 bits per heavy atom. The van der Waals surface area contributed by atoms with Crippen LogP contribution in [0.3, 0.4) is 0 Å². The average Bonchev–Trinajstić information content (AvgIpc) is 2.86. The van der Waals surface area contributed by atoms with Gasteiger partial charge in [-0.15, -0.1) is 0 Å². The zero-order valence-electron chi connectivity index (χ0n) is 15.0. The van der Waals surface area contributed by atoms with Crippen molar-refractivity contribution in [3.05, 3.63) is 53.1 Å². The Morgan fingerprint density at radius 3 is 2.46 bits per heavy atom. The standard InChI is InChI=1S/C19H28FN3O/c1-5-18-16(11-22(4)21-18)12-23(10-14(2)3)13-19(24)15-6-8-17(20)9-7-15/h6-9,11,14,19,24H,5,10,12-13H2,1-4H3. The van der Waals surface area contributed by atoms with Crippen LogP contribution < -0.4 is 0 Å². The van der Waals surface area contributed by atoms with Crippen LogP contribution in [0, 0.1) is 11.7 Å². The SMILES string of the molecule is CCc1nn(C)cc1CN(CC(C)C)CC(O)c1ccc(F)cc1. The van der Waals surface area contributed by atoms with Crippen LogP contribution in [0.5, 0.6) is 0 Å². The van der Waals surface area contributed by atoms with Gasteiger partial charge in [-0.2, -0.15) is 5.10 Å². The molecule has 4 nitrogen and oxygen atoms in total. The second-order valence-electron chi connectivity index (χ2n) is 6.78. The summed E-state index contributed by atoms with van der Waals surface area (Å²) in [5, 5.41) is 15.0. The summed E-state index contributed by atoms with van der Waals surface area (Å²) in [6.07, 6.45) is 2.31. The summed E-state index contributed by atoms with van der Waals surface area (Å²) >= 11 is 0. The van der Waals surface area contributed by atoms with Crippen molar-refractivity contribution in [3.8, 4) is 0 Å². The molecule has 2 rings (SSSR count). The van der Waals surface area contributed by atoms with E-state index in [4.69, 9.17) is 0 Å². The van der Waals surface area contributed by atoms with E-state index in [0.717, 1.165) is 30.8 Å². The van der Waals surface area contributed by atoms with Gasteiger partial charge in [-0.25, -0.2) is 4.39 Å². The molecule has 1 aromatic heterocycles. The molecule has 5 heteroatoms. The lowest BCUT2D eigenvalue weighted by Crippen LogP contribution is -2.32. The van der Waals surface area contributed by atoms with E-state index in [-0.39, 0.29) is 5.82 Å². The van der Waals surface area contributed by atoms with Crippen molar-refractivity contribution >= 4 is 0 Å². The predicted molar refractivity (Wildman–Crippen MR) is 94.1 cm³/mol. The molecule has 1 atom stereocenters. The highest BCUT2D eigenvalue weighted by Gasteiger charge is 2.17. The van der Waals surface area contributed by atoms with Gasteiger partial charge in [0.2, 0.25) is 0 Å². The van der Waals surface area contributed by atoms with E-state index >= 15 is 0 Å². The lowest BCUT2D eigenvalue weighted by Gasteiger charge is -2.27. The Hall–Kier alpha value is -1.72. The molecule has 0 saturated heterocycles. The van der Waals surface area contributed by atoms with Gasteiger partial charge < -0.3 is 5.11 Å². The van der Waals surface area contributed by atoms with E-state index in [1.54, 1.807) is 12.1 Å². The molecule has 0 spiro atoms. The van der Waals surface area contributed by atoms with Crippen molar-refractivity contribution < 1.29 is 9.50 Å². The molecule has 0 aliphatic rings. The van der Waals surface area contributed by atoms with Crippen molar-refractivity contribution in [2.75, 3.05) is 13.1 Å². The third-order valence-corrected chi connectivity index (χ3v) is 4.03. The predicted octanol–water partition coefficient (Wildman–Crippen LogP) is 3.31. The van der Waals surface area contributed by atoms with Crippen LogP contribution in [0.4, 0.5) is 4.39 Å². The summed E-state index contributed by atoms with van der Waals surface area (Å²) in [7, 11) is 1.93. The zero-order chi connectivity index (χ0) is 17.7. The normalized spacial score (nSPS) is 13.0. The van der Waals surface area contributed by atoms with E-state index in [1.165, 1.54) is 17.7 Å². The van der Waals surface area contributed by atoms with E-state index in [0.29, 0.717) is 12.5 Å². The highest BCUT2D eigenvalue weighted by atomic mass is 19.1. The van der Waals surface area contributed by atoms with Crippen LogP contribution in [-0.2, 0) is 20.0 Å². The molecule has 0 aliphatic carbocycles. The first-order valence-electron chi connectivity index (χ1n) is 8.56. The van der Waals surface area contributed by atoms with E-state index in [2.05, 4.69) is 37.0 Å². The number of aryl methyl sites for hydroxylation is 2. The highest BCUT2D eigenvalue weighted by Crippen LogP contribution is 2.18. The fraction of sp³-hybridized carbons (Fsp3) is 0.526. The van der Waals surface area contributed by atoms with Crippen molar-refractivity contribution in [2.24, 2.45) is 13.0 Å². The summed E-state index contributed by atoms with van der Waals surface area (Å²) in [5.74, 6) is 0.208. The Balaban J connectivity index is 2.11. The van der Waals surface area contributed by atoms with Gasteiger partial charge in [-0.05, 0) is 30.0 Å². The van der Waals surface area contributed by atoms with Crippen molar-refractivity contribution in [3.63, 3.8) is 0 Å². The molecule has 1 heterocycles. The summed E-state index contributed by atoms with van der Waals surface area (Å²) in [6.45, 7) is 8.60. The second kappa shape index (κ2) is 8.40. The Kier molecular flexibility index (Phi) is 6.52. The molecule has 1 aromatic carbocycles. The van der Waals surface area contributed by atoms with Gasteiger partial charge in [-0.1, -0.05) is 32.9 Å². The van der Waals surface area contributed by atoms with Crippen molar-refractivity contribution in [1.82, 2.24) is 14.7 Å². The molecule has 1 N–H and O–H groups in total. The summed E-state index contributed by atoms with van der Waals surface area (Å²) in [6, 6.07) is 6.08. The van der Waals surface area contributed by atoms with Crippen LogP contribution >= 0.6 is 0 Å². The number of nitrogens with zero attached hydrogens (tertiary/aromatic N) is 3. The van der Waals surface area contributed by atoms with E-state index < -0.39 is 6.10 Å². The number of hydrogen-bond acceptors (Lipinski definition) is 3. The first-order chi connectivity index (χ1) is 11.4. The maximum atomic E-state index is 13.1. The molecular weight excluding hydrogens is 305 g/mol. The molecule has 0 aliphatic heterocycles. The Morgan fingerprint density at radius 2 is 1.88 bits per heavy atom. The van der Waals surface area contributed by atoms with Gasteiger partial charge in [0.15, 0.2) is 0 Å². The van der Waals surface area contributed by atoms with Crippen LogP contribution in [-0.4, -0.2) is 32.9 Å². The minimum atomic E-state index is -0.633. The number of aromatic nitrogens is 2. The first-order valence-corrected chi connectivity index (χ1v) is 8.56. The first kappa shape index (κ1) is 18.6. The largest absolute Gasteiger partial charge is 0.387 e. The summed E-state index contributed by atoms with van der Waals surface area (Å²) in [5.41, 5.74) is 3.04. The third-order valence-electron chi connectivity index (χ3n) is 4.03. The minimum absolute atomic E-state index is 0.284. The van der Waals surface area contributed by atoms with Crippen LogP contribution in [0.2, 0.25) is 0 Å². The number of aliphatic hydroxyl groups excluding tert-OH is 1. The van der Waals surface area contributed by atoms with Gasteiger partial charge >= 0.3 is 0 Å². The van der Waals surface area contributed by atoms with Gasteiger partial charge in [0.25, 0.3) is 0 Å². The van der Waals surface area contributed by atoms with Gasteiger partial charge in [-0.3, -0.25) is 9.58 Å². The Labute approximate surface area is 143 Å². The number of benzene rings is 1. The van der Waals surface area contributed by atoms with E-state index in [9.17, 15) is 9.50 Å². The van der Waals surface area contributed by atoms with E-state index in [1.807, 2.05) is 11.7 Å². The smallest absolute Gasteiger partial charge is 0.123 e. The van der Waals surface area contributed by atoms with Gasteiger partial charge in [0, 0.05) is 38.4 Å². The molecule has 0 saturated carbocycles. The fourth-order valence-electron chi connectivity index (χ4n) is 3.01. The maximum absolute atomic E-state index is 13.1. The monoisotopic (exact) mass is 333 g/mol. The molecule has 0 amide bonds. The number of aliphatic hydroxyl groups is 1. The molecule has 0 radical (unpaired) electrons. The quantitative estimate of drug-likeness (QED) is 0.806. The van der Waals surface area contributed by atoms with Crippen molar-refractivity contribution in [1.29, 1.82) is 0 Å². The fourth-order valence-corrected chi connectivity index (χ4v) is 3.01. The van der Waals surface area contributed by atoms with Crippen molar-refractivity contribution in [2.45, 2.75) is 39.8 Å². The number of halogens is 1. The van der Waals surface area contributed by atoms with Gasteiger partial charge in [0.1, 0.15) is 5.82 Å². The summed E-state index contributed by atoms with van der Waals surface area (Å²) < 4.78 is 14.9. The summed E-state index contributed by atoms with van der Waals surface area (Å²) in [4.78, 5) is 2.24. The molecule has 1 unspecified atom stereocenters. The molecule has 2 aromatic rings. The number of hydrogen-bond donors (Lipinski definition) is 1. The van der Waals surface area contributed by atoms with Crippen LogP contribution in [0.25, 0.3) is 0 Å². The lowest BCUT2D eigenvalue weighted by molar-refractivity contribution is 0.101. The molecular formula is C19H28FN3O. The topological polar surface area (TPSA) is 41.3 Å². The molecule has 0 fully saturated rings. The Bertz CT molecular complexity index is 637. The molecule has 24 heavy (non-hydrogen) atoms. The lowest BCUT2D eigenvalue weighted by atomic mass is 10.1. The van der Waals surface area contributed by atoms with Crippen LogP contribution in [0.1, 0.15) is 43.7 Å². The molecule has 132 valence electrons. The second-order valence-corrected chi connectivity index (χ2v) is 6.78. The molecule has 0 bridgehead atoms. The van der Waals surface area contributed by atoms with Crippen LogP contribution in [0.15, 0.2) is 30.5 Å². The maximum Gasteiger partial charge on any atom is 0.123 e.